The Labute approximate surface area is 160 Å². The summed E-state index contributed by atoms with van der Waals surface area (Å²) in [5.41, 5.74) is 1.64. The smallest absolute Gasteiger partial charge is 0.155 e. The van der Waals surface area contributed by atoms with Crippen molar-refractivity contribution < 1.29 is 9.59 Å². The van der Waals surface area contributed by atoms with Crippen molar-refractivity contribution >= 4 is 45.5 Å². The van der Waals surface area contributed by atoms with E-state index in [2.05, 4.69) is 13.8 Å². The van der Waals surface area contributed by atoms with Crippen molar-refractivity contribution in [1.82, 2.24) is 0 Å². The molecule has 130 valence electrons. The number of carbonyl (C=O) groups is 2. The van der Waals surface area contributed by atoms with Crippen LogP contribution in [0, 0.1) is 28.6 Å². The van der Waals surface area contributed by atoms with Crippen LogP contribution in [-0.4, -0.2) is 11.6 Å². The largest absolute Gasteiger partial charge is 0.299 e. The molecule has 5 atom stereocenters. The van der Waals surface area contributed by atoms with Gasteiger partial charge in [-0.2, -0.15) is 0 Å². The molecule has 0 heterocycles. The number of hydrogen-bond donors (Lipinski definition) is 0. The number of Topliss-reactive ketones (excluding diaryl/α,β-unsaturated/α-hetero) is 1. The third kappa shape index (κ3) is 2.63. The SMILES string of the molecule is Br.Br.C[C@]12CCC(=O)C=C1CC[C@@H]1[C@@H]2CC[C@]2(C)C(=O)CC[C@@H]12. The maximum absolute atomic E-state index is 12.4. The summed E-state index contributed by atoms with van der Waals surface area (Å²) in [6.07, 6.45) is 10.2. The molecule has 0 aromatic heterocycles. The second kappa shape index (κ2) is 6.40. The maximum atomic E-state index is 12.4. The number of fused-ring (bicyclic) bond motifs is 5. The van der Waals surface area contributed by atoms with Gasteiger partial charge in [-0.3, -0.25) is 9.59 Å². The van der Waals surface area contributed by atoms with Crippen molar-refractivity contribution in [3.8, 4) is 0 Å². The van der Waals surface area contributed by atoms with Gasteiger partial charge in [0.2, 0.25) is 0 Å². The number of hydrogen-bond acceptors (Lipinski definition) is 2. The molecule has 0 N–H and O–H groups in total. The number of allylic oxidation sites excluding steroid dienone is 1. The molecular formula is C19H28Br2O2. The molecule has 23 heavy (non-hydrogen) atoms. The zero-order chi connectivity index (χ0) is 14.8. The molecular weight excluding hydrogens is 420 g/mol. The number of rotatable bonds is 0. The average Bonchev–Trinajstić information content (AvgIpc) is 2.76. The summed E-state index contributed by atoms with van der Waals surface area (Å²) < 4.78 is 0. The summed E-state index contributed by atoms with van der Waals surface area (Å²) in [5, 5.41) is 0. The Hall–Kier alpha value is 0.0400. The first-order chi connectivity index (χ1) is 9.95. The van der Waals surface area contributed by atoms with Gasteiger partial charge < -0.3 is 0 Å². The predicted octanol–water partition coefficient (Wildman–Crippen LogP) is 5.24. The van der Waals surface area contributed by atoms with Crippen LogP contribution < -0.4 is 0 Å². The fraction of sp³-hybridized carbons (Fsp3) is 0.789. The van der Waals surface area contributed by atoms with Crippen LogP contribution in [0.5, 0.6) is 0 Å². The van der Waals surface area contributed by atoms with Crippen molar-refractivity contribution in [3.63, 3.8) is 0 Å². The molecule has 0 saturated heterocycles. The standard InChI is InChI=1S/C19H26O2.2BrH/c1-18-9-7-13(20)11-12(18)3-4-14-15-5-6-17(21)19(15,2)10-8-16(14)18;;/h11,14-16H,3-10H2,1-2H3;2*1H/t14-,15-,16-,18-,19-;;/m0../s1. The molecule has 0 bridgehead atoms. The summed E-state index contributed by atoms with van der Waals surface area (Å²) in [5.74, 6) is 2.88. The van der Waals surface area contributed by atoms with Crippen LogP contribution in [0.25, 0.3) is 0 Å². The van der Waals surface area contributed by atoms with Crippen LogP contribution >= 0.6 is 34.0 Å². The molecule has 2 nitrogen and oxygen atoms in total. The monoisotopic (exact) mass is 446 g/mol. The first-order valence-corrected chi connectivity index (χ1v) is 8.72. The van der Waals surface area contributed by atoms with Gasteiger partial charge in [0.1, 0.15) is 5.78 Å². The molecule has 3 fully saturated rings. The fourth-order valence-electron chi connectivity index (χ4n) is 6.33. The summed E-state index contributed by atoms with van der Waals surface area (Å²) in [4.78, 5) is 24.1. The normalized spacial score (nSPS) is 45.0. The maximum Gasteiger partial charge on any atom is 0.155 e. The van der Waals surface area contributed by atoms with E-state index in [9.17, 15) is 9.59 Å². The highest BCUT2D eigenvalue weighted by atomic mass is 79.9. The van der Waals surface area contributed by atoms with E-state index in [0.29, 0.717) is 29.3 Å². The second-order valence-corrected chi connectivity index (χ2v) is 8.39. The van der Waals surface area contributed by atoms with E-state index < -0.39 is 0 Å². The lowest BCUT2D eigenvalue weighted by Gasteiger charge is -2.56. The van der Waals surface area contributed by atoms with Gasteiger partial charge in [0, 0.05) is 18.3 Å². The van der Waals surface area contributed by atoms with E-state index in [-0.39, 0.29) is 44.8 Å². The molecule has 4 heteroatoms. The molecule has 0 aliphatic heterocycles. The van der Waals surface area contributed by atoms with Gasteiger partial charge in [0.05, 0.1) is 0 Å². The fourth-order valence-corrected chi connectivity index (χ4v) is 6.33. The summed E-state index contributed by atoms with van der Waals surface area (Å²) in [6.45, 7) is 4.64. The van der Waals surface area contributed by atoms with Crippen molar-refractivity contribution in [2.45, 2.75) is 65.2 Å². The minimum absolute atomic E-state index is 0. The van der Waals surface area contributed by atoms with Crippen molar-refractivity contribution in [3.05, 3.63) is 11.6 Å². The molecule has 4 rings (SSSR count). The van der Waals surface area contributed by atoms with E-state index >= 15 is 0 Å². The Morgan fingerprint density at radius 3 is 2.30 bits per heavy atom. The van der Waals surface area contributed by atoms with Crippen molar-refractivity contribution in [2.75, 3.05) is 0 Å². The molecule has 0 aromatic rings. The van der Waals surface area contributed by atoms with Crippen molar-refractivity contribution in [2.24, 2.45) is 28.6 Å². The minimum atomic E-state index is -0.0246. The summed E-state index contributed by atoms with van der Waals surface area (Å²) >= 11 is 0. The van der Waals surface area contributed by atoms with E-state index in [4.69, 9.17) is 0 Å². The molecule has 0 unspecified atom stereocenters. The van der Waals surface area contributed by atoms with Crippen LogP contribution in [-0.2, 0) is 9.59 Å². The van der Waals surface area contributed by atoms with Crippen LogP contribution in [0.3, 0.4) is 0 Å². The van der Waals surface area contributed by atoms with Gasteiger partial charge >= 0.3 is 0 Å². The molecule has 0 spiro atoms. The van der Waals surface area contributed by atoms with Gasteiger partial charge in [-0.05, 0) is 67.8 Å². The van der Waals surface area contributed by atoms with E-state index in [0.717, 1.165) is 38.5 Å². The van der Waals surface area contributed by atoms with Crippen LogP contribution in [0.15, 0.2) is 11.6 Å². The van der Waals surface area contributed by atoms with Gasteiger partial charge in [0.25, 0.3) is 0 Å². The molecule has 4 aliphatic carbocycles. The lowest BCUT2D eigenvalue weighted by Crippen LogP contribution is -2.50. The lowest BCUT2D eigenvalue weighted by molar-refractivity contribution is -0.132. The highest BCUT2D eigenvalue weighted by Crippen LogP contribution is 2.64. The molecule has 0 amide bonds. The first-order valence-electron chi connectivity index (χ1n) is 8.72. The second-order valence-electron chi connectivity index (χ2n) is 8.39. The van der Waals surface area contributed by atoms with Gasteiger partial charge in [0.15, 0.2) is 5.78 Å². The van der Waals surface area contributed by atoms with Crippen LogP contribution in [0.1, 0.15) is 65.2 Å². The zero-order valence-corrected chi connectivity index (χ0v) is 17.5. The summed E-state index contributed by atoms with van der Waals surface area (Å²) in [7, 11) is 0. The molecule has 3 saturated carbocycles. The number of ketones is 2. The topological polar surface area (TPSA) is 34.1 Å². The Balaban J connectivity index is 0.000000960. The average molecular weight is 448 g/mol. The van der Waals surface area contributed by atoms with E-state index in [1.807, 2.05) is 6.08 Å². The molecule has 4 aliphatic rings. The Morgan fingerprint density at radius 2 is 1.57 bits per heavy atom. The first kappa shape index (κ1) is 19.4. The molecule has 0 aromatic carbocycles. The van der Waals surface area contributed by atoms with Crippen molar-refractivity contribution in [1.29, 1.82) is 0 Å². The highest BCUT2D eigenvalue weighted by molar-refractivity contribution is 8.93. The highest BCUT2D eigenvalue weighted by Gasteiger charge is 2.58. The summed E-state index contributed by atoms with van der Waals surface area (Å²) in [6, 6.07) is 0. The van der Waals surface area contributed by atoms with Crippen LogP contribution in [0.4, 0.5) is 0 Å². The number of carbonyl (C=O) groups excluding carboxylic acids is 2. The quantitative estimate of drug-likeness (QED) is 0.508. The Morgan fingerprint density at radius 1 is 0.870 bits per heavy atom. The molecule has 0 radical (unpaired) electrons. The Kier molecular flexibility index (Phi) is 5.39. The Bertz CT molecular complexity index is 556. The van der Waals surface area contributed by atoms with Gasteiger partial charge in [-0.1, -0.05) is 19.4 Å². The van der Waals surface area contributed by atoms with Crippen LogP contribution in [0.2, 0.25) is 0 Å². The minimum Gasteiger partial charge on any atom is -0.299 e. The third-order valence-corrected chi connectivity index (χ3v) is 7.67. The number of halogens is 2. The van der Waals surface area contributed by atoms with E-state index in [1.165, 1.54) is 18.4 Å². The zero-order valence-electron chi connectivity index (χ0n) is 14.1. The van der Waals surface area contributed by atoms with E-state index in [1.54, 1.807) is 0 Å². The predicted molar refractivity (Wildman–Crippen MR) is 102 cm³/mol. The third-order valence-electron chi connectivity index (χ3n) is 7.67. The lowest BCUT2D eigenvalue weighted by atomic mass is 9.47. The van der Waals surface area contributed by atoms with Gasteiger partial charge in [-0.25, -0.2) is 0 Å². The van der Waals surface area contributed by atoms with Gasteiger partial charge in [-0.15, -0.1) is 34.0 Å².